The summed E-state index contributed by atoms with van der Waals surface area (Å²) in [5.74, 6) is 0. The minimum Gasteiger partial charge on any atom is -0.454 e. The Hall–Kier alpha value is -7.62. The molecule has 0 atom stereocenters. The number of fused-ring (bicyclic) bond motifs is 12. The summed E-state index contributed by atoms with van der Waals surface area (Å²) in [5.41, 5.74) is 10.6. The Kier molecular flexibility index (Phi) is 6.93. The van der Waals surface area contributed by atoms with Crippen LogP contribution in [0.3, 0.4) is 0 Å². The smallest absolute Gasteiger partial charge is 0.159 e. The summed E-state index contributed by atoms with van der Waals surface area (Å²) in [6.07, 6.45) is 0. The zero-order valence-electron chi connectivity index (χ0n) is 30.9. The third-order valence-corrected chi connectivity index (χ3v) is 11.8. The fourth-order valence-corrected chi connectivity index (χ4v) is 9.26. The van der Waals surface area contributed by atoms with Crippen LogP contribution < -0.4 is 4.90 Å². The molecular weight excluding hydrogens is 693 g/mol. The minimum atomic E-state index is 0.859. The number of para-hydroxylation sites is 4. The van der Waals surface area contributed by atoms with E-state index in [0.717, 1.165) is 50.2 Å². The Balaban J connectivity index is 1.17. The van der Waals surface area contributed by atoms with E-state index in [4.69, 9.17) is 4.42 Å². The maximum atomic E-state index is 6.77. The second-order valence-corrected chi connectivity index (χ2v) is 14.8. The molecule has 3 nitrogen and oxygen atoms in total. The number of anilines is 3. The number of hydrogen-bond donors (Lipinski definition) is 0. The van der Waals surface area contributed by atoms with Crippen LogP contribution in [0.25, 0.3) is 92.9 Å². The van der Waals surface area contributed by atoms with Crippen LogP contribution >= 0.6 is 0 Å². The van der Waals surface area contributed by atoms with Crippen LogP contribution in [-0.2, 0) is 0 Å². The standard InChI is InChI=1S/C54H34N2O/c1-2-15-35(16-3-1)38-17-8-11-25-49(38)56-50-26-12-9-22-44(50)45-32-30-37(34-52(45)56)55(51-27-14-24-47-46-23-10-13-28-53(46)57-54(47)51)36-29-31-43-41-20-5-4-18-39(41)40-19-6-7-21-42(40)48(43)33-36/h1-34H. The van der Waals surface area contributed by atoms with E-state index >= 15 is 0 Å². The van der Waals surface area contributed by atoms with Crippen molar-refractivity contribution in [3.05, 3.63) is 206 Å². The van der Waals surface area contributed by atoms with Crippen molar-refractivity contribution in [2.45, 2.75) is 0 Å². The fourth-order valence-electron chi connectivity index (χ4n) is 9.26. The van der Waals surface area contributed by atoms with E-state index in [9.17, 15) is 0 Å². The third-order valence-electron chi connectivity index (χ3n) is 11.8. The van der Waals surface area contributed by atoms with Gasteiger partial charge in [-0.2, -0.15) is 0 Å². The van der Waals surface area contributed by atoms with Gasteiger partial charge in [-0.3, -0.25) is 0 Å². The van der Waals surface area contributed by atoms with Crippen molar-refractivity contribution >= 4 is 93.1 Å². The molecule has 0 amide bonds. The first-order chi connectivity index (χ1) is 28.3. The largest absolute Gasteiger partial charge is 0.454 e. The van der Waals surface area contributed by atoms with Crippen molar-refractivity contribution in [3.8, 4) is 16.8 Å². The Morgan fingerprint density at radius 3 is 1.67 bits per heavy atom. The number of aromatic nitrogens is 1. The molecule has 0 N–H and O–H groups in total. The lowest BCUT2D eigenvalue weighted by atomic mass is 9.94. The number of nitrogens with zero attached hydrogens (tertiary/aromatic N) is 2. The lowest BCUT2D eigenvalue weighted by molar-refractivity contribution is 0.669. The van der Waals surface area contributed by atoms with Crippen LogP contribution in [-0.4, -0.2) is 4.57 Å². The molecule has 2 heterocycles. The van der Waals surface area contributed by atoms with Crippen LogP contribution in [0.15, 0.2) is 211 Å². The number of hydrogen-bond acceptors (Lipinski definition) is 2. The highest BCUT2D eigenvalue weighted by atomic mass is 16.3. The quantitative estimate of drug-likeness (QED) is 0.165. The zero-order valence-corrected chi connectivity index (χ0v) is 30.9. The summed E-state index contributed by atoms with van der Waals surface area (Å²) in [5, 5.41) is 12.1. The van der Waals surface area contributed by atoms with Gasteiger partial charge in [-0.15, -0.1) is 0 Å². The molecule has 0 aliphatic heterocycles. The van der Waals surface area contributed by atoms with Gasteiger partial charge in [-0.25, -0.2) is 0 Å². The lowest BCUT2D eigenvalue weighted by Crippen LogP contribution is -2.10. The molecule has 0 bridgehead atoms. The summed E-state index contributed by atoms with van der Waals surface area (Å²) in [4.78, 5) is 2.39. The molecule has 2 aromatic heterocycles. The Morgan fingerprint density at radius 2 is 0.895 bits per heavy atom. The minimum absolute atomic E-state index is 0.859. The summed E-state index contributed by atoms with van der Waals surface area (Å²) < 4.78 is 9.21. The van der Waals surface area contributed by atoms with E-state index in [2.05, 4.69) is 210 Å². The molecule has 0 spiro atoms. The van der Waals surface area contributed by atoms with E-state index < -0.39 is 0 Å². The first-order valence-electron chi connectivity index (χ1n) is 19.5. The highest BCUT2D eigenvalue weighted by molar-refractivity contribution is 6.26. The van der Waals surface area contributed by atoms with Crippen LogP contribution in [0.2, 0.25) is 0 Å². The topological polar surface area (TPSA) is 21.3 Å². The Morgan fingerprint density at radius 1 is 0.351 bits per heavy atom. The molecule has 3 heteroatoms. The summed E-state index contributed by atoms with van der Waals surface area (Å²) >= 11 is 0. The predicted octanol–water partition coefficient (Wildman–Crippen LogP) is 15.3. The van der Waals surface area contributed by atoms with Crippen molar-refractivity contribution in [3.63, 3.8) is 0 Å². The van der Waals surface area contributed by atoms with E-state index in [0.29, 0.717) is 0 Å². The summed E-state index contributed by atoms with van der Waals surface area (Å²) in [6, 6.07) is 74.5. The van der Waals surface area contributed by atoms with Crippen molar-refractivity contribution in [2.75, 3.05) is 4.90 Å². The SMILES string of the molecule is c1ccc(-c2ccccc2-n2c3ccccc3c3ccc(N(c4ccc5c6ccccc6c6ccccc6c5c4)c4cccc5c4oc4ccccc45)cc32)cc1. The van der Waals surface area contributed by atoms with Crippen molar-refractivity contribution < 1.29 is 4.42 Å². The molecule has 0 aliphatic rings. The van der Waals surface area contributed by atoms with Crippen molar-refractivity contribution in [1.29, 1.82) is 0 Å². The fraction of sp³-hybridized carbons (Fsp3) is 0. The van der Waals surface area contributed by atoms with Gasteiger partial charge in [0.05, 0.1) is 22.4 Å². The normalized spacial score (nSPS) is 11.9. The molecule has 266 valence electrons. The average molecular weight is 727 g/mol. The second-order valence-electron chi connectivity index (χ2n) is 14.8. The van der Waals surface area contributed by atoms with Gasteiger partial charge < -0.3 is 13.9 Å². The van der Waals surface area contributed by atoms with Gasteiger partial charge in [0.2, 0.25) is 0 Å². The average Bonchev–Trinajstić information content (AvgIpc) is 3.83. The van der Waals surface area contributed by atoms with E-state index in [1.54, 1.807) is 0 Å². The Bertz CT molecular complexity index is 3500. The van der Waals surface area contributed by atoms with E-state index in [1.165, 1.54) is 59.7 Å². The molecule has 0 radical (unpaired) electrons. The molecule has 0 saturated carbocycles. The van der Waals surface area contributed by atoms with Crippen LogP contribution in [0.1, 0.15) is 0 Å². The van der Waals surface area contributed by atoms with Gasteiger partial charge in [0.1, 0.15) is 5.58 Å². The molecule has 0 aliphatic carbocycles. The van der Waals surface area contributed by atoms with Gasteiger partial charge in [-0.05, 0) is 86.4 Å². The monoisotopic (exact) mass is 726 g/mol. The molecule has 12 rings (SSSR count). The van der Waals surface area contributed by atoms with E-state index in [1.807, 2.05) is 6.07 Å². The van der Waals surface area contributed by atoms with Gasteiger partial charge in [0, 0.05) is 38.5 Å². The van der Waals surface area contributed by atoms with E-state index in [-0.39, 0.29) is 0 Å². The van der Waals surface area contributed by atoms with Gasteiger partial charge in [-0.1, -0.05) is 158 Å². The molecular formula is C54H34N2O. The van der Waals surface area contributed by atoms with Gasteiger partial charge in [0.25, 0.3) is 0 Å². The zero-order chi connectivity index (χ0) is 37.5. The number of rotatable bonds is 5. The van der Waals surface area contributed by atoms with Crippen molar-refractivity contribution in [1.82, 2.24) is 4.57 Å². The number of furan rings is 1. The molecule has 0 unspecified atom stereocenters. The van der Waals surface area contributed by atoms with Crippen molar-refractivity contribution in [2.24, 2.45) is 0 Å². The highest BCUT2D eigenvalue weighted by Crippen LogP contribution is 2.46. The van der Waals surface area contributed by atoms with Crippen LogP contribution in [0.5, 0.6) is 0 Å². The maximum Gasteiger partial charge on any atom is 0.159 e. The second kappa shape index (κ2) is 12.5. The first kappa shape index (κ1) is 31.7. The Labute approximate surface area is 328 Å². The third kappa shape index (κ3) is 4.79. The van der Waals surface area contributed by atoms with Gasteiger partial charge >= 0.3 is 0 Å². The highest BCUT2D eigenvalue weighted by Gasteiger charge is 2.23. The van der Waals surface area contributed by atoms with Gasteiger partial charge in [0.15, 0.2) is 5.58 Å². The van der Waals surface area contributed by atoms with Crippen LogP contribution in [0, 0.1) is 0 Å². The molecule has 57 heavy (non-hydrogen) atoms. The summed E-state index contributed by atoms with van der Waals surface area (Å²) in [6.45, 7) is 0. The molecule has 0 fully saturated rings. The molecule has 0 saturated heterocycles. The first-order valence-corrected chi connectivity index (χ1v) is 19.5. The molecule has 10 aromatic carbocycles. The molecule has 12 aromatic rings. The lowest BCUT2D eigenvalue weighted by Gasteiger charge is -2.26. The maximum absolute atomic E-state index is 6.77. The number of benzene rings is 10. The summed E-state index contributed by atoms with van der Waals surface area (Å²) in [7, 11) is 0. The predicted molar refractivity (Wildman–Crippen MR) is 241 cm³/mol. The van der Waals surface area contributed by atoms with Crippen LogP contribution in [0.4, 0.5) is 17.1 Å².